The lowest BCUT2D eigenvalue weighted by Crippen LogP contribution is -2.42. The minimum absolute atomic E-state index is 0.0541. The first-order valence-corrected chi connectivity index (χ1v) is 8.96. The number of carbonyl (C=O) groups is 2. The second-order valence-electron chi connectivity index (χ2n) is 6.64. The van der Waals surface area contributed by atoms with Crippen molar-refractivity contribution in [2.75, 3.05) is 38.7 Å². The lowest BCUT2D eigenvalue weighted by molar-refractivity contribution is -0.121. The van der Waals surface area contributed by atoms with E-state index in [0.717, 1.165) is 37.1 Å². The SMILES string of the molecule is COCCNC(=O)CCC1CCCN(C(=O)Nc2cccc(C)c2)C1. The summed E-state index contributed by atoms with van der Waals surface area (Å²) < 4.78 is 4.92. The van der Waals surface area contributed by atoms with Crippen molar-refractivity contribution in [1.82, 2.24) is 10.2 Å². The highest BCUT2D eigenvalue weighted by Crippen LogP contribution is 2.22. The van der Waals surface area contributed by atoms with Crippen molar-refractivity contribution in [3.05, 3.63) is 29.8 Å². The van der Waals surface area contributed by atoms with Crippen LogP contribution in [0, 0.1) is 12.8 Å². The molecule has 0 saturated carbocycles. The van der Waals surface area contributed by atoms with Gasteiger partial charge in [0.2, 0.25) is 5.91 Å². The monoisotopic (exact) mass is 347 g/mol. The number of anilines is 1. The predicted octanol–water partition coefficient (Wildman–Crippen LogP) is 2.78. The van der Waals surface area contributed by atoms with Crippen LogP contribution < -0.4 is 10.6 Å². The van der Waals surface area contributed by atoms with E-state index in [1.165, 1.54) is 0 Å². The van der Waals surface area contributed by atoms with Crippen molar-refractivity contribution < 1.29 is 14.3 Å². The Morgan fingerprint density at radius 3 is 2.96 bits per heavy atom. The van der Waals surface area contributed by atoms with E-state index in [1.54, 1.807) is 7.11 Å². The second-order valence-corrected chi connectivity index (χ2v) is 6.64. The highest BCUT2D eigenvalue weighted by atomic mass is 16.5. The Kier molecular flexibility index (Phi) is 7.73. The Morgan fingerprint density at radius 1 is 1.36 bits per heavy atom. The van der Waals surface area contributed by atoms with Crippen LogP contribution in [0.25, 0.3) is 0 Å². The van der Waals surface area contributed by atoms with Crippen LogP contribution in [0.4, 0.5) is 10.5 Å². The number of rotatable bonds is 7. The molecule has 1 heterocycles. The van der Waals surface area contributed by atoms with Crippen LogP contribution in [0.3, 0.4) is 0 Å². The van der Waals surface area contributed by atoms with Gasteiger partial charge in [-0.3, -0.25) is 4.79 Å². The lowest BCUT2D eigenvalue weighted by Gasteiger charge is -2.32. The summed E-state index contributed by atoms with van der Waals surface area (Å²) in [7, 11) is 1.62. The fourth-order valence-electron chi connectivity index (χ4n) is 3.13. The van der Waals surface area contributed by atoms with Gasteiger partial charge in [-0.2, -0.15) is 0 Å². The highest BCUT2D eigenvalue weighted by molar-refractivity contribution is 5.89. The van der Waals surface area contributed by atoms with Gasteiger partial charge in [-0.1, -0.05) is 12.1 Å². The van der Waals surface area contributed by atoms with Gasteiger partial charge in [0.1, 0.15) is 0 Å². The molecule has 2 N–H and O–H groups in total. The Morgan fingerprint density at radius 2 is 2.20 bits per heavy atom. The summed E-state index contributed by atoms with van der Waals surface area (Å²) in [6.45, 7) is 4.56. The zero-order valence-corrected chi connectivity index (χ0v) is 15.2. The number of amides is 3. The maximum atomic E-state index is 12.5. The third-order valence-corrected chi connectivity index (χ3v) is 4.48. The average Bonchev–Trinajstić information content (AvgIpc) is 2.60. The summed E-state index contributed by atoms with van der Waals surface area (Å²) in [5, 5.41) is 5.80. The van der Waals surface area contributed by atoms with E-state index in [0.29, 0.717) is 32.0 Å². The summed E-state index contributed by atoms with van der Waals surface area (Å²) in [6.07, 6.45) is 3.37. The molecule has 0 bridgehead atoms. The van der Waals surface area contributed by atoms with Crippen LogP contribution in [0.15, 0.2) is 24.3 Å². The third-order valence-electron chi connectivity index (χ3n) is 4.48. The van der Waals surface area contributed by atoms with Crippen LogP contribution >= 0.6 is 0 Å². The van der Waals surface area contributed by atoms with Gasteiger partial charge in [0.25, 0.3) is 0 Å². The fourth-order valence-corrected chi connectivity index (χ4v) is 3.13. The fraction of sp³-hybridized carbons (Fsp3) is 0.579. The number of carbonyl (C=O) groups excluding carboxylic acids is 2. The van der Waals surface area contributed by atoms with Crippen LogP contribution in [0.2, 0.25) is 0 Å². The molecule has 2 rings (SSSR count). The van der Waals surface area contributed by atoms with E-state index in [2.05, 4.69) is 10.6 Å². The summed E-state index contributed by atoms with van der Waals surface area (Å²) in [5.74, 6) is 0.434. The Labute approximate surface area is 149 Å². The maximum Gasteiger partial charge on any atom is 0.321 e. The van der Waals surface area contributed by atoms with E-state index < -0.39 is 0 Å². The largest absolute Gasteiger partial charge is 0.383 e. The standard InChI is InChI=1S/C19H29N3O3/c1-15-5-3-7-17(13-15)21-19(24)22-11-4-6-16(14-22)8-9-18(23)20-10-12-25-2/h3,5,7,13,16H,4,6,8-12,14H2,1-2H3,(H,20,23)(H,21,24). The van der Waals surface area contributed by atoms with Crippen LogP contribution in [0.1, 0.15) is 31.2 Å². The number of hydrogen-bond donors (Lipinski definition) is 2. The molecule has 1 aromatic rings. The molecule has 1 saturated heterocycles. The van der Waals surface area contributed by atoms with Crippen molar-refractivity contribution in [3.63, 3.8) is 0 Å². The summed E-state index contributed by atoms with van der Waals surface area (Å²) in [5.41, 5.74) is 1.94. The number of benzene rings is 1. The first-order valence-electron chi connectivity index (χ1n) is 8.96. The first kappa shape index (κ1) is 19.2. The molecule has 1 fully saturated rings. The van der Waals surface area contributed by atoms with Crippen molar-refractivity contribution in [2.45, 2.75) is 32.6 Å². The van der Waals surface area contributed by atoms with Crippen LogP contribution in [-0.2, 0) is 9.53 Å². The Hall–Kier alpha value is -2.08. The summed E-state index contributed by atoms with van der Waals surface area (Å²) in [4.78, 5) is 26.1. The maximum absolute atomic E-state index is 12.5. The van der Waals surface area contributed by atoms with E-state index in [9.17, 15) is 9.59 Å². The van der Waals surface area contributed by atoms with Gasteiger partial charge in [0.15, 0.2) is 0 Å². The smallest absolute Gasteiger partial charge is 0.321 e. The summed E-state index contributed by atoms with van der Waals surface area (Å²) in [6, 6.07) is 7.75. The molecule has 1 aromatic carbocycles. The first-order chi connectivity index (χ1) is 12.1. The van der Waals surface area contributed by atoms with Gasteiger partial charge in [0, 0.05) is 38.9 Å². The van der Waals surface area contributed by atoms with Gasteiger partial charge in [-0.05, 0) is 49.8 Å². The van der Waals surface area contributed by atoms with Crippen LogP contribution in [0.5, 0.6) is 0 Å². The number of methoxy groups -OCH3 is 1. The summed E-state index contributed by atoms with van der Waals surface area (Å²) >= 11 is 0. The molecule has 0 aromatic heterocycles. The number of urea groups is 1. The molecule has 1 unspecified atom stereocenters. The zero-order chi connectivity index (χ0) is 18.1. The van der Waals surface area contributed by atoms with Crippen molar-refractivity contribution in [1.29, 1.82) is 0 Å². The van der Waals surface area contributed by atoms with Gasteiger partial charge in [-0.15, -0.1) is 0 Å². The molecular formula is C19H29N3O3. The number of likely N-dealkylation sites (tertiary alicyclic amines) is 1. The van der Waals surface area contributed by atoms with E-state index >= 15 is 0 Å². The Bertz CT molecular complexity index is 577. The van der Waals surface area contributed by atoms with Crippen molar-refractivity contribution in [3.8, 4) is 0 Å². The molecule has 1 aliphatic rings. The number of aryl methyl sites for hydroxylation is 1. The van der Waals surface area contributed by atoms with Gasteiger partial charge in [0.05, 0.1) is 6.61 Å². The zero-order valence-electron chi connectivity index (χ0n) is 15.2. The number of hydrogen-bond acceptors (Lipinski definition) is 3. The topological polar surface area (TPSA) is 70.7 Å². The van der Waals surface area contributed by atoms with Gasteiger partial charge in [-0.25, -0.2) is 4.79 Å². The molecule has 0 aliphatic carbocycles. The lowest BCUT2D eigenvalue weighted by atomic mass is 9.93. The molecule has 138 valence electrons. The highest BCUT2D eigenvalue weighted by Gasteiger charge is 2.24. The van der Waals surface area contributed by atoms with E-state index in [1.807, 2.05) is 36.1 Å². The number of nitrogens with one attached hydrogen (secondary N) is 2. The molecule has 6 heteroatoms. The van der Waals surface area contributed by atoms with Gasteiger partial charge < -0.3 is 20.3 Å². The second kappa shape index (κ2) is 10.0. The third kappa shape index (κ3) is 6.74. The molecule has 6 nitrogen and oxygen atoms in total. The number of piperidine rings is 1. The average molecular weight is 347 g/mol. The quantitative estimate of drug-likeness (QED) is 0.745. The van der Waals surface area contributed by atoms with Crippen molar-refractivity contribution in [2.24, 2.45) is 5.92 Å². The van der Waals surface area contributed by atoms with E-state index in [-0.39, 0.29) is 11.9 Å². The molecular weight excluding hydrogens is 318 g/mol. The predicted molar refractivity (Wildman–Crippen MR) is 98.6 cm³/mol. The van der Waals surface area contributed by atoms with E-state index in [4.69, 9.17) is 4.74 Å². The minimum Gasteiger partial charge on any atom is -0.383 e. The number of nitrogens with zero attached hydrogens (tertiary/aromatic N) is 1. The van der Waals surface area contributed by atoms with Crippen LogP contribution in [-0.4, -0.2) is 50.2 Å². The number of ether oxygens (including phenoxy) is 1. The normalized spacial score (nSPS) is 17.2. The molecule has 25 heavy (non-hydrogen) atoms. The van der Waals surface area contributed by atoms with Crippen molar-refractivity contribution >= 4 is 17.6 Å². The molecule has 0 spiro atoms. The molecule has 0 radical (unpaired) electrons. The Balaban J connectivity index is 1.76. The molecule has 3 amide bonds. The molecule has 1 aliphatic heterocycles. The van der Waals surface area contributed by atoms with Gasteiger partial charge >= 0.3 is 6.03 Å². The minimum atomic E-state index is -0.0557. The molecule has 1 atom stereocenters.